The number of carbonyl (C=O) groups is 3. The number of oxime groups is 2. The molecule has 0 aromatic carbocycles. The van der Waals surface area contributed by atoms with Crippen molar-refractivity contribution in [1.29, 1.82) is 0 Å². The van der Waals surface area contributed by atoms with Crippen molar-refractivity contribution in [2.45, 2.75) is 49.7 Å². The number of fused-ring (bicyclic) bond motifs is 1. The van der Waals surface area contributed by atoms with Gasteiger partial charge in [0.15, 0.2) is 24.1 Å². The molecule has 2 atom stereocenters. The number of β-lactam (4-membered cyclic amide) rings is 1. The SMILES string of the molecule is Nc1nc(C(=NOC2CCCC2)C(=O)NC2C(=O)N3C(C(=O)[O-])=C(C[n+]4ccc(C=NO)cc4)CS[C@@H]23)ns1. The molecule has 2 amide bonds. The number of carboxylic acids is 1. The van der Waals surface area contributed by atoms with Crippen LogP contribution in [-0.2, 0) is 25.8 Å². The fourth-order valence-corrected chi connectivity index (χ4v) is 6.36. The molecule has 1 saturated carbocycles. The van der Waals surface area contributed by atoms with Crippen molar-refractivity contribution >= 4 is 58.1 Å². The zero-order valence-electron chi connectivity index (χ0n) is 20.4. The smallest absolute Gasteiger partial charge is 0.278 e. The van der Waals surface area contributed by atoms with Crippen LogP contribution >= 0.6 is 23.3 Å². The number of aliphatic carboxylic acids is 1. The van der Waals surface area contributed by atoms with Crippen molar-refractivity contribution in [3.8, 4) is 0 Å². The molecule has 2 aliphatic heterocycles. The zero-order valence-corrected chi connectivity index (χ0v) is 22.1. The van der Waals surface area contributed by atoms with Gasteiger partial charge in [0.2, 0.25) is 11.5 Å². The predicted octanol–water partition coefficient (Wildman–Crippen LogP) is -1.02. The van der Waals surface area contributed by atoms with Crippen molar-refractivity contribution in [1.82, 2.24) is 19.6 Å². The molecule has 4 heterocycles. The molecule has 4 N–H and O–H groups in total. The van der Waals surface area contributed by atoms with Crippen molar-refractivity contribution in [3.63, 3.8) is 0 Å². The van der Waals surface area contributed by atoms with Gasteiger partial charge in [-0.15, -0.1) is 11.8 Å². The Morgan fingerprint density at radius 1 is 1.33 bits per heavy atom. The number of rotatable bonds is 9. The van der Waals surface area contributed by atoms with Gasteiger partial charge in [0, 0.05) is 40.6 Å². The van der Waals surface area contributed by atoms with Crippen LogP contribution in [0.5, 0.6) is 0 Å². The second-order valence-corrected chi connectivity index (χ2v) is 10.9. The standard InChI is InChI=1S/C23H24N8O6S2/c24-23-27-18(29-39-23)15(28-37-14-3-1-2-4-14)19(32)26-16-20(33)31-17(22(34)35)13(11-38-21(16)31)10-30-7-5-12(6-8-30)9-25-36/h5-9,14,16,21H,1-4,10-11H2,(H4,24,26,27,29,32,34,35)/t16?,21-/m0/s1. The summed E-state index contributed by atoms with van der Waals surface area (Å²) in [7, 11) is 0. The molecule has 14 nitrogen and oxygen atoms in total. The maximum Gasteiger partial charge on any atom is 0.278 e. The number of nitrogens with two attached hydrogens (primary N) is 1. The summed E-state index contributed by atoms with van der Waals surface area (Å²) in [5, 5.41) is 29.9. The summed E-state index contributed by atoms with van der Waals surface area (Å²) in [5.41, 5.74) is 6.41. The summed E-state index contributed by atoms with van der Waals surface area (Å²) in [4.78, 5) is 49.1. The minimum absolute atomic E-state index is 0.0150. The maximum absolute atomic E-state index is 13.2. The first kappa shape index (κ1) is 26.6. The fourth-order valence-electron chi connectivity index (χ4n) is 4.59. The van der Waals surface area contributed by atoms with Crippen LogP contribution in [-0.4, -0.2) is 72.4 Å². The van der Waals surface area contributed by atoms with Crippen molar-refractivity contribution in [3.05, 3.63) is 47.2 Å². The molecule has 1 saturated heterocycles. The Bertz CT molecular complexity index is 1370. The number of hydrogen-bond donors (Lipinski definition) is 3. The first-order valence-electron chi connectivity index (χ1n) is 12.0. The molecule has 5 rings (SSSR count). The van der Waals surface area contributed by atoms with E-state index < -0.39 is 29.2 Å². The molecule has 39 heavy (non-hydrogen) atoms. The lowest BCUT2D eigenvalue weighted by atomic mass is 10.0. The van der Waals surface area contributed by atoms with Crippen LogP contribution in [0.15, 0.2) is 46.1 Å². The lowest BCUT2D eigenvalue weighted by molar-refractivity contribution is -0.689. The fraction of sp³-hybridized carbons (Fsp3) is 0.391. The van der Waals surface area contributed by atoms with E-state index in [4.69, 9.17) is 15.8 Å². The molecular weight excluding hydrogens is 548 g/mol. The van der Waals surface area contributed by atoms with E-state index in [1.165, 1.54) is 18.0 Å². The van der Waals surface area contributed by atoms with E-state index in [0.717, 1.165) is 42.1 Å². The van der Waals surface area contributed by atoms with Gasteiger partial charge in [-0.3, -0.25) is 14.5 Å². The molecule has 0 bridgehead atoms. The van der Waals surface area contributed by atoms with Crippen LogP contribution in [0.4, 0.5) is 5.13 Å². The van der Waals surface area contributed by atoms with E-state index >= 15 is 0 Å². The third-order valence-corrected chi connectivity index (χ3v) is 8.37. The first-order chi connectivity index (χ1) is 18.9. The molecule has 16 heteroatoms. The van der Waals surface area contributed by atoms with Gasteiger partial charge >= 0.3 is 0 Å². The molecular formula is C23H24N8O6S2. The van der Waals surface area contributed by atoms with Gasteiger partial charge in [-0.25, -0.2) is 4.57 Å². The molecule has 2 fully saturated rings. The average Bonchev–Trinajstić information content (AvgIpc) is 3.60. The summed E-state index contributed by atoms with van der Waals surface area (Å²) in [5.74, 6) is -2.51. The Balaban J connectivity index is 1.32. The van der Waals surface area contributed by atoms with Crippen LogP contribution < -0.4 is 20.7 Å². The highest BCUT2D eigenvalue weighted by Crippen LogP contribution is 2.40. The Morgan fingerprint density at radius 3 is 2.72 bits per heavy atom. The predicted molar refractivity (Wildman–Crippen MR) is 137 cm³/mol. The van der Waals surface area contributed by atoms with Crippen molar-refractivity contribution in [2.75, 3.05) is 11.5 Å². The van der Waals surface area contributed by atoms with E-state index in [2.05, 4.69) is 25.0 Å². The first-order valence-corrected chi connectivity index (χ1v) is 13.9. The number of aromatic nitrogens is 3. The number of pyridine rings is 1. The number of anilines is 1. The molecule has 2 aromatic heterocycles. The second kappa shape index (κ2) is 11.4. The van der Waals surface area contributed by atoms with Crippen molar-refractivity contribution < 1.29 is 34.1 Å². The van der Waals surface area contributed by atoms with E-state index in [-0.39, 0.29) is 35.0 Å². The number of nitrogens with one attached hydrogen (secondary N) is 1. The summed E-state index contributed by atoms with van der Waals surface area (Å²) in [6, 6.07) is 2.40. The zero-order chi connectivity index (χ0) is 27.5. The molecule has 1 unspecified atom stereocenters. The van der Waals surface area contributed by atoms with Crippen LogP contribution in [0.25, 0.3) is 0 Å². The Morgan fingerprint density at radius 2 is 2.08 bits per heavy atom. The quantitative estimate of drug-likeness (QED) is 0.110. The van der Waals surface area contributed by atoms with E-state index in [1.54, 1.807) is 29.1 Å². The van der Waals surface area contributed by atoms with Crippen LogP contribution in [0.1, 0.15) is 37.1 Å². The normalized spacial score (nSPS) is 21.7. The molecule has 0 spiro atoms. The van der Waals surface area contributed by atoms with Gasteiger partial charge < -0.3 is 31.0 Å². The highest BCUT2D eigenvalue weighted by molar-refractivity contribution is 8.00. The molecule has 1 aliphatic carbocycles. The van der Waals surface area contributed by atoms with Gasteiger partial charge in [0.25, 0.3) is 11.8 Å². The van der Waals surface area contributed by atoms with Gasteiger partial charge in [-0.05, 0) is 25.7 Å². The largest absolute Gasteiger partial charge is 0.543 e. The maximum atomic E-state index is 13.2. The third-order valence-electron chi connectivity index (χ3n) is 6.49. The highest BCUT2D eigenvalue weighted by Gasteiger charge is 2.53. The van der Waals surface area contributed by atoms with Crippen LogP contribution in [0, 0.1) is 0 Å². The summed E-state index contributed by atoms with van der Waals surface area (Å²) in [6.07, 6.45) is 8.19. The van der Waals surface area contributed by atoms with E-state index in [1.807, 2.05) is 0 Å². The van der Waals surface area contributed by atoms with Crippen molar-refractivity contribution in [2.24, 2.45) is 10.3 Å². The minimum Gasteiger partial charge on any atom is -0.543 e. The van der Waals surface area contributed by atoms with E-state index in [9.17, 15) is 19.5 Å². The monoisotopic (exact) mass is 572 g/mol. The Kier molecular flexibility index (Phi) is 7.74. The molecule has 3 aliphatic rings. The van der Waals surface area contributed by atoms with E-state index in [0.29, 0.717) is 16.9 Å². The summed E-state index contributed by atoms with van der Waals surface area (Å²) < 4.78 is 5.79. The van der Waals surface area contributed by atoms with Gasteiger partial charge in [-0.2, -0.15) is 9.36 Å². The number of hydrogen-bond acceptors (Lipinski definition) is 13. The molecule has 204 valence electrons. The van der Waals surface area contributed by atoms with Crippen LogP contribution in [0.2, 0.25) is 0 Å². The Hall–Kier alpha value is -4.05. The Labute approximate surface area is 230 Å². The number of nitrogen functional groups attached to an aromatic ring is 1. The highest BCUT2D eigenvalue weighted by atomic mass is 32.2. The third kappa shape index (κ3) is 5.56. The number of carboxylic acid groups (broad SMARTS) is 1. The molecule has 0 radical (unpaired) electrons. The second-order valence-electron chi connectivity index (χ2n) is 9.06. The lowest BCUT2D eigenvalue weighted by Crippen LogP contribution is -2.71. The lowest BCUT2D eigenvalue weighted by Gasteiger charge is -2.50. The number of thioether (sulfide) groups is 1. The number of nitrogens with zero attached hydrogens (tertiary/aromatic N) is 6. The minimum atomic E-state index is -1.48. The number of carbonyl (C=O) groups excluding carboxylic acids is 3. The topological polar surface area (TPSA) is 199 Å². The molecule has 2 aromatic rings. The van der Waals surface area contributed by atoms with Gasteiger partial charge in [0.05, 0.1) is 17.9 Å². The van der Waals surface area contributed by atoms with Crippen LogP contribution in [0.3, 0.4) is 0 Å². The number of amides is 2. The van der Waals surface area contributed by atoms with Gasteiger partial charge in [-0.1, -0.05) is 10.3 Å². The van der Waals surface area contributed by atoms with Gasteiger partial charge in [0.1, 0.15) is 17.5 Å². The summed E-state index contributed by atoms with van der Waals surface area (Å²) >= 11 is 2.22. The summed E-state index contributed by atoms with van der Waals surface area (Å²) in [6.45, 7) is 0.201. The average molecular weight is 573 g/mol.